The van der Waals surface area contributed by atoms with E-state index >= 15 is 0 Å². The van der Waals surface area contributed by atoms with Crippen molar-refractivity contribution in [3.63, 3.8) is 0 Å². The number of ketones is 4. The van der Waals surface area contributed by atoms with Crippen molar-refractivity contribution in [2.75, 3.05) is 113 Å². The molecule has 33 heteroatoms. The van der Waals surface area contributed by atoms with Crippen LogP contribution in [0, 0.1) is 16.7 Å². The van der Waals surface area contributed by atoms with Crippen molar-refractivity contribution in [2.45, 2.75) is 134 Å². The predicted octanol–water partition coefficient (Wildman–Crippen LogP) is 16.6. The first-order valence-electron chi connectivity index (χ1n) is 45.5. The highest BCUT2D eigenvalue weighted by molar-refractivity contribution is 6.61. The number of fused-ring (bicyclic) bond motifs is 2. The Labute approximate surface area is 808 Å². The number of amides is 3. The summed E-state index contributed by atoms with van der Waals surface area (Å²) >= 11 is 4.86. The molecule has 12 rings (SSSR count). The van der Waals surface area contributed by atoms with Gasteiger partial charge in [-0.25, -0.2) is 34.3 Å². The number of rotatable bonds is 44. The zero-order chi connectivity index (χ0) is 100. The van der Waals surface area contributed by atoms with Crippen molar-refractivity contribution < 1.29 is 106 Å². The second-order valence-corrected chi connectivity index (χ2v) is 35.2. The zero-order valence-corrected chi connectivity index (χ0v) is 81.4. The van der Waals surface area contributed by atoms with Gasteiger partial charge in [-0.1, -0.05) is 193 Å². The normalized spacial score (nSPS) is 12.8. The van der Waals surface area contributed by atoms with Gasteiger partial charge in [0.25, 0.3) is 0 Å². The highest BCUT2D eigenvalue weighted by atomic mass is 35.5. The van der Waals surface area contributed by atoms with Crippen molar-refractivity contribution in [2.24, 2.45) is 16.7 Å². The van der Waals surface area contributed by atoms with Gasteiger partial charge in [0.15, 0.2) is 34.4 Å². The fraction of sp³-hybridized carbons (Fsp3) is 0.381. The second-order valence-electron chi connectivity index (χ2n) is 34.9. The quantitative estimate of drug-likeness (QED) is 0.0156. The fourth-order valence-corrected chi connectivity index (χ4v) is 15.4. The van der Waals surface area contributed by atoms with E-state index in [-0.39, 0.29) is 146 Å². The van der Waals surface area contributed by atoms with Gasteiger partial charge in [0, 0.05) is 163 Å². The Morgan fingerprint density at radius 3 is 1.19 bits per heavy atom. The maximum absolute atomic E-state index is 14.6. The molecular formula is C105H123ClN10O22. The molecule has 5 heterocycles. The molecule has 2 aliphatic rings. The van der Waals surface area contributed by atoms with Gasteiger partial charge in [0.2, 0.25) is 17.7 Å². The first-order chi connectivity index (χ1) is 65.9. The van der Waals surface area contributed by atoms with Crippen molar-refractivity contribution in [3.05, 3.63) is 272 Å². The van der Waals surface area contributed by atoms with E-state index < -0.39 is 46.4 Å². The number of carboxylic acid groups (broad SMARTS) is 3. The Morgan fingerprint density at radius 1 is 0.442 bits per heavy atom. The summed E-state index contributed by atoms with van der Waals surface area (Å²) in [5, 5.41) is 29.6. The van der Waals surface area contributed by atoms with Gasteiger partial charge in [0.05, 0.1) is 114 Å². The standard InChI is InChI=1S/C51H57N5O9.C35H39N5O7.C14H18O4.C5H9ClO2/c1-34-35(2)47(61)45(36(3)46(34)60)51(4,5)32-43(57)54(6)23-24-55(25-27-64-29-28-63-26-22-44(58)59)50(62)65-49-41(31-38-18-12-8-13-19-38)53-48-40(30-37-16-10-7-11-17-37)52-42(33-56(48)49)39-20-14-9-15-21-39;1-36-15-16-39(17-20-45-22-21-44-19-14-32(41)42)35(43)47-34-30(24-28-13-8-18-46-28)38-33-29(23-26-9-4-2-5-10-26)37-31(25-40(33)34)27-11-6-3-7-12-27;1-7-8(2)13(18)11(9(3)12(7)17)14(4,5)6-10(15)16;1-4(2)3-8-5(6)7/h7-21,33H,22-32H2,1-6H3,(H,58,59);2-13,18,25,36H,14-17,19-24H2,1H3,(H,41,42);6H2,1-5H3,(H,15,16);4H,3H2,1-2H3. The van der Waals surface area contributed by atoms with E-state index in [1.165, 1.54) is 9.80 Å². The van der Waals surface area contributed by atoms with E-state index in [1.54, 1.807) is 91.8 Å². The lowest BCUT2D eigenvalue weighted by Crippen LogP contribution is -2.43. The Kier molecular flexibility index (Phi) is 41.1. The third-order valence-corrected chi connectivity index (χ3v) is 23.0. The molecule has 138 heavy (non-hydrogen) atoms. The topological polar surface area (TPSA) is 408 Å². The minimum Gasteiger partial charge on any atom is -0.481 e. The number of hydrogen-bond acceptors (Lipinski definition) is 24. The van der Waals surface area contributed by atoms with Crippen LogP contribution in [-0.4, -0.2) is 236 Å². The van der Waals surface area contributed by atoms with Crippen LogP contribution in [0.4, 0.5) is 14.4 Å². The summed E-state index contributed by atoms with van der Waals surface area (Å²) in [6, 6.07) is 53.0. The number of nitrogens with one attached hydrogen (secondary N) is 1. The predicted molar refractivity (Wildman–Crippen MR) is 519 cm³/mol. The number of aromatic nitrogens is 6. The minimum atomic E-state index is -0.982. The Bertz CT molecular complexity index is 6030. The first-order valence-corrected chi connectivity index (χ1v) is 45.9. The lowest BCUT2D eigenvalue weighted by molar-refractivity contribution is -0.139. The average molecular weight is 1910 g/mol. The van der Waals surface area contributed by atoms with E-state index in [1.807, 2.05) is 201 Å². The number of aliphatic carboxylic acids is 3. The molecule has 4 N–H and O–H groups in total. The molecule has 732 valence electrons. The van der Waals surface area contributed by atoms with Crippen molar-refractivity contribution >= 4 is 87.5 Å². The van der Waals surface area contributed by atoms with Crippen LogP contribution < -0.4 is 14.8 Å². The van der Waals surface area contributed by atoms with Gasteiger partial charge in [-0.3, -0.25) is 47.2 Å². The molecule has 0 saturated heterocycles. The number of halogens is 1. The second kappa shape index (κ2) is 52.5. The first kappa shape index (κ1) is 108. The Morgan fingerprint density at radius 2 is 0.819 bits per heavy atom. The van der Waals surface area contributed by atoms with E-state index in [0.717, 1.165) is 33.5 Å². The molecule has 0 saturated carbocycles. The maximum Gasteiger partial charge on any atom is 0.416 e. The number of hydrogen-bond donors (Lipinski definition) is 4. The molecule has 0 spiro atoms. The van der Waals surface area contributed by atoms with Crippen LogP contribution in [0.2, 0.25) is 0 Å². The fourth-order valence-electron chi connectivity index (χ4n) is 15.3. The highest BCUT2D eigenvalue weighted by Gasteiger charge is 2.41. The van der Waals surface area contributed by atoms with Gasteiger partial charge in [-0.2, -0.15) is 0 Å². The third-order valence-electron chi connectivity index (χ3n) is 22.9. The molecule has 5 aromatic heterocycles. The van der Waals surface area contributed by atoms with E-state index in [0.29, 0.717) is 141 Å². The number of imidazole rings is 2. The van der Waals surface area contributed by atoms with E-state index in [4.69, 9.17) is 79.7 Å². The molecule has 2 aliphatic carbocycles. The van der Waals surface area contributed by atoms with Gasteiger partial charge >= 0.3 is 35.5 Å². The number of carboxylic acids is 3. The van der Waals surface area contributed by atoms with Crippen LogP contribution in [0.5, 0.6) is 11.8 Å². The molecule has 32 nitrogen and oxygen atoms in total. The number of likely N-dealkylation sites (N-methyl/N-ethyl adjacent to an activating group) is 2. The van der Waals surface area contributed by atoms with Crippen LogP contribution in [0.15, 0.2) is 231 Å². The largest absolute Gasteiger partial charge is 0.481 e. The smallest absolute Gasteiger partial charge is 0.416 e. The van der Waals surface area contributed by atoms with Crippen molar-refractivity contribution in [1.82, 2.24) is 48.8 Å². The average Bonchev–Trinajstić information content (AvgIpc) is 1.35. The van der Waals surface area contributed by atoms with Gasteiger partial charge in [0.1, 0.15) is 17.1 Å². The summed E-state index contributed by atoms with van der Waals surface area (Å²) in [5.74, 6) is -2.40. The molecule has 0 atom stereocenters. The molecule has 0 unspecified atom stereocenters. The van der Waals surface area contributed by atoms with Crippen LogP contribution in [0.25, 0.3) is 33.8 Å². The van der Waals surface area contributed by atoms with E-state index in [2.05, 4.69) is 10.1 Å². The number of carbonyl (C=O) groups excluding carboxylic acids is 8. The highest BCUT2D eigenvalue weighted by Crippen LogP contribution is 2.42. The van der Waals surface area contributed by atoms with Crippen LogP contribution in [0.1, 0.15) is 154 Å². The zero-order valence-electron chi connectivity index (χ0n) is 80.7. The number of Topliss-reactive ketones (excluding diaryl/α,β-unsaturated/α-hetero) is 4. The monoisotopic (exact) mass is 1910 g/mol. The number of nitrogens with zero attached hydrogens (tertiary/aromatic N) is 9. The lowest BCUT2D eigenvalue weighted by atomic mass is 9.71. The number of allylic oxidation sites excluding steroid dienone is 8. The Balaban J connectivity index is 0.000000252. The summed E-state index contributed by atoms with van der Waals surface area (Å²) < 4.78 is 48.4. The van der Waals surface area contributed by atoms with Gasteiger partial charge in [-0.05, 0) is 83.3 Å². The summed E-state index contributed by atoms with van der Waals surface area (Å²) in [6.07, 6.45) is 5.28. The maximum atomic E-state index is 14.6. The number of ether oxygens (including phenoxy) is 7. The van der Waals surface area contributed by atoms with Gasteiger partial charge in [-0.15, -0.1) is 0 Å². The van der Waals surface area contributed by atoms with Crippen molar-refractivity contribution in [3.8, 4) is 34.3 Å². The number of carbonyl (C=O) groups is 11. The Hall–Kier alpha value is -13.8. The molecule has 5 aromatic carbocycles. The minimum absolute atomic E-state index is 0.0464. The van der Waals surface area contributed by atoms with Gasteiger partial charge < -0.3 is 72.9 Å². The van der Waals surface area contributed by atoms with Crippen LogP contribution in [0.3, 0.4) is 0 Å². The summed E-state index contributed by atoms with van der Waals surface area (Å²) in [4.78, 5) is 160. The molecule has 0 bridgehead atoms. The van der Waals surface area contributed by atoms with Crippen molar-refractivity contribution in [1.29, 1.82) is 0 Å². The third kappa shape index (κ3) is 31.4. The number of furan rings is 1. The summed E-state index contributed by atoms with van der Waals surface area (Å²) in [6.45, 7) is 23.8. The number of benzene rings is 5. The summed E-state index contributed by atoms with van der Waals surface area (Å²) in [5.41, 5.74) is 10.4. The molecule has 3 amide bonds. The molecule has 0 aliphatic heterocycles. The SMILES string of the molecule is CC(C)COC(=O)Cl.CC1=C(C)C(=O)C(C(C)(C)CC(=O)N(C)CCN(CCOCCOCCC(=O)O)C(=O)Oc2c(Cc3ccccc3)nc3c(Cc4ccccc4)nc(-c4ccccc4)cn23)=C(C)C1=O.CC1=C(C)C(=O)C(C(C)(C)CC(=O)O)=C(C)C1=O.CNCCN(CCOCCOCCC(=O)O)C(=O)Oc1c(Cc2ccco2)nc2c(Cc3ccccc3)nc(-c3ccccc3)cn12. The molecule has 0 radical (unpaired) electrons. The lowest BCUT2D eigenvalue weighted by Gasteiger charge is -2.33. The van der Waals surface area contributed by atoms with E-state index in [9.17, 15) is 52.7 Å². The molecular weight excluding hydrogens is 1790 g/mol. The van der Waals surface area contributed by atoms with Crippen LogP contribution >= 0.6 is 11.6 Å². The molecule has 10 aromatic rings. The summed E-state index contributed by atoms with van der Waals surface area (Å²) in [7, 11) is 3.44. The molecule has 0 fully saturated rings. The van der Waals surface area contributed by atoms with Crippen LogP contribution in [-0.2, 0) is 87.7 Å².